The Morgan fingerprint density at radius 3 is 2.55 bits per heavy atom. The minimum absolute atomic E-state index is 0.0253. The summed E-state index contributed by atoms with van der Waals surface area (Å²) in [5.41, 5.74) is 1.71. The molecule has 0 aromatic heterocycles. The van der Waals surface area contributed by atoms with Crippen LogP contribution in [-0.4, -0.2) is 10.0 Å². The van der Waals surface area contributed by atoms with E-state index in [9.17, 15) is 10.1 Å². The molecule has 2 rings (SSSR count). The van der Waals surface area contributed by atoms with Gasteiger partial charge in [-0.05, 0) is 43.4 Å². The van der Waals surface area contributed by atoms with E-state index in [4.69, 9.17) is 35.4 Å². The number of anilines is 2. The molecule has 5 nitrogen and oxygen atoms in total. The van der Waals surface area contributed by atoms with E-state index in [1.54, 1.807) is 37.3 Å². The average Bonchev–Trinajstić information content (AvgIpc) is 2.44. The smallest absolute Gasteiger partial charge is 0.274 e. The first-order chi connectivity index (χ1) is 10.4. The fourth-order valence-electron chi connectivity index (χ4n) is 1.76. The minimum atomic E-state index is -0.437. The van der Waals surface area contributed by atoms with Gasteiger partial charge in [-0.15, -0.1) is 0 Å². The number of benzene rings is 2. The van der Waals surface area contributed by atoms with E-state index in [-0.39, 0.29) is 10.8 Å². The zero-order valence-corrected chi connectivity index (χ0v) is 13.7. The Labute approximate surface area is 142 Å². The summed E-state index contributed by atoms with van der Waals surface area (Å²) in [7, 11) is 0. The number of hydrogen-bond donors (Lipinski definition) is 2. The van der Waals surface area contributed by atoms with Crippen molar-refractivity contribution >= 4 is 57.6 Å². The molecule has 0 unspecified atom stereocenters. The van der Waals surface area contributed by atoms with Crippen LogP contribution in [0.3, 0.4) is 0 Å². The third-order valence-electron chi connectivity index (χ3n) is 2.84. The predicted molar refractivity (Wildman–Crippen MR) is 94.1 cm³/mol. The fraction of sp³-hybridized carbons (Fsp3) is 0.0714. The molecule has 0 amide bonds. The van der Waals surface area contributed by atoms with Crippen LogP contribution in [0.4, 0.5) is 17.1 Å². The lowest BCUT2D eigenvalue weighted by Gasteiger charge is -2.12. The van der Waals surface area contributed by atoms with Crippen LogP contribution >= 0.6 is 35.4 Å². The van der Waals surface area contributed by atoms with E-state index in [0.29, 0.717) is 27.0 Å². The summed E-state index contributed by atoms with van der Waals surface area (Å²) in [5, 5.41) is 17.9. The van der Waals surface area contributed by atoms with Gasteiger partial charge >= 0.3 is 0 Å². The highest BCUT2D eigenvalue weighted by molar-refractivity contribution is 7.80. The topological polar surface area (TPSA) is 67.2 Å². The number of nitro benzene ring substituents is 1. The van der Waals surface area contributed by atoms with E-state index in [1.807, 2.05) is 0 Å². The van der Waals surface area contributed by atoms with Gasteiger partial charge in [-0.2, -0.15) is 0 Å². The number of rotatable bonds is 3. The molecule has 2 aromatic carbocycles. The zero-order chi connectivity index (χ0) is 16.3. The molecule has 2 aromatic rings. The monoisotopic (exact) mass is 355 g/mol. The number of nitro groups is 1. The second-order valence-electron chi connectivity index (χ2n) is 4.46. The van der Waals surface area contributed by atoms with Gasteiger partial charge in [0.05, 0.1) is 15.6 Å². The van der Waals surface area contributed by atoms with Gasteiger partial charge in [-0.3, -0.25) is 10.1 Å². The van der Waals surface area contributed by atoms with E-state index >= 15 is 0 Å². The highest BCUT2D eigenvalue weighted by Gasteiger charge is 2.12. The maximum atomic E-state index is 10.9. The lowest BCUT2D eigenvalue weighted by atomic mass is 10.2. The van der Waals surface area contributed by atoms with Crippen LogP contribution in [0, 0.1) is 17.0 Å². The van der Waals surface area contributed by atoms with Gasteiger partial charge in [0, 0.05) is 22.3 Å². The Balaban J connectivity index is 2.12. The average molecular weight is 356 g/mol. The largest absolute Gasteiger partial charge is 0.332 e. The van der Waals surface area contributed by atoms with Gasteiger partial charge in [0.2, 0.25) is 0 Å². The SMILES string of the molecule is Cc1ccc(NC(=S)Nc2ccc(Cl)cc2Cl)cc1[N+](=O)[O-]. The minimum Gasteiger partial charge on any atom is -0.332 e. The summed E-state index contributed by atoms with van der Waals surface area (Å²) in [6.45, 7) is 1.67. The highest BCUT2D eigenvalue weighted by atomic mass is 35.5. The third kappa shape index (κ3) is 4.07. The number of hydrogen-bond acceptors (Lipinski definition) is 3. The molecule has 22 heavy (non-hydrogen) atoms. The Morgan fingerprint density at radius 2 is 1.91 bits per heavy atom. The first-order valence-corrected chi connectivity index (χ1v) is 7.31. The molecule has 0 saturated carbocycles. The molecule has 0 spiro atoms. The van der Waals surface area contributed by atoms with Crippen molar-refractivity contribution in [2.45, 2.75) is 6.92 Å². The lowest BCUT2D eigenvalue weighted by molar-refractivity contribution is -0.385. The van der Waals surface area contributed by atoms with Gasteiger partial charge < -0.3 is 10.6 Å². The number of nitrogens with zero attached hydrogens (tertiary/aromatic N) is 1. The van der Waals surface area contributed by atoms with Gasteiger partial charge in [-0.1, -0.05) is 29.3 Å². The first-order valence-electron chi connectivity index (χ1n) is 6.15. The number of nitrogens with one attached hydrogen (secondary N) is 2. The summed E-state index contributed by atoms with van der Waals surface area (Å²) in [4.78, 5) is 10.5. The lowest BCUT2D eigenvalue weighted by Crippen LogP contribution is -2.19. The van der Waals surface area contributed by atoms with Gasteiger partial charge in [0.1, 0.15) is 0 Å². The van der Waals surface area contributed by atoms with Crippen molar-refractivity contribution in [3.63, 3.8) is 0 Å². The number of thiocarbonyl (C=S) groups is 1. The summed E-state index contributed by atoms with van der Waals surface area (Å²) in [5.74, 6) is 0. The number of halogens is 2. The van der Waals surface area contributed by atoms with Crippen LogP contribution in [-0.2, 0) is 0 Å². The van der Waals surface area contributed by atoms with Crippen LogP contribution in [0.15, 0.2) is 36.4 Å². The summed E-state index contributed by atoms with van der Waals surface area (Å²) in [6.07, 6.45) is 0. The van der Waals surface area contributed by atoms with Crippen molar-refractivity contribution in [2.24, 2.45) is 0 Å². The maximum absolute atomic E-state index is 10.9. The van der Waals surface area contributed by atoms with Crippen molar-refractivity contribution in [3.8, 4) is 0 Å². The first kappa shape index (κ1) is 16.5. The second-order valence-corrected chi connectivity index (χ2v) is 5.71. The third-order valence-corrected chi connectivity index (χ3v) is 3.59. The predicted octanol–water partition coefficient (Wildman–Crippen LogP) is 5.02. The Kier molecular flexibility index (Phi) is 5.18. The molecule has 0 aliphatic rings. The molecular weight excluding hydrogens is 345 g/mol. The van der Waals surface area contributed by atoms with Crippen molar-refractivity contribution in [1.29, 1.82) is 0 Å². The molecule has 8 heteroatoms. The summed E-state index contributed by atoms with van der Waals surface area (Å²) >= 11 is 17.0. The molecule has 0 heterocycles. The highest BCUT2D eigenvalue weighted by Crippen LogP contribution is 2.26. The fourth-order valence-corrected chi connectivity index (χ4v) is 2.44. The summed E-state index contributed by atoms with van der Waals surface area (Å²) < 4.78 is 0. The van der Waals surface area contributed by atoms with E-state index in [1.165, 1.54) is 6.07 Å². The molecular formula is C14H11Cl2N3O2S. The quantitative estimate of drug-likeness (QED) is 0.459. The molecule has 0 aliphatic carbocycles. The molecule has 114 valence electrons. The van der Waals surface area contributed by atoms with Gasteiger partial charge in [0.25, 0.3) is 5.69 Å². The normalized spacial score (nSPS) is 10.1. The van der Waals surface area contributed by atoms with Crippen molar-refractivity contribution < 1.29 is 4.92 Å². The van der Waals surface area contributed by atoms with E-state index in [0.717, 1.165) is 0 Å². The Morgan fingerprint density at radius 1 is 1.18 bits per heavy atom. The van der Waals surface area contributed by atoms with Crippen LogP contribution in [0.1, 0.15) is 5.56 Å². The van der Waals surface area contributed by atoms with Crippen molar-refractivity contribution in [1.82, 2.24) is 0 Å². The van der Waals surface area contributed by atoms with E-state index < -0.39 is 4.92 Å². The van der Waals surface area contributed by atoms with E-state index in [2.05, 4.69) is 10.6 Å². The molecule has 2 N–H and O–H groups in total. The zero-order valence-electron chi connectivity index (χ0n) is 11.4. The van der Waals surface area contributed by atoms with Crippen molar-refractivity contribution in [3.05, 3.63) is 62.1 Å². The molecule has 0 fully saturated rings. The number of aryl methyl sites for hydroxylation is 1. The van der Waals surface area contributed by atoms with Gasteiger partial charge in [-0.25, -0.2) is 0 Å². The maximum Gasteiger partial charge on any atom is 0.274 e. The van der Waals surface area contributed by atoms with Crippen LogP contribution in [0.25, 0.3) is 0 Å². The van der Waals surface area contributed by atoms with Crippen LogP contribution in [0.5, 0.6) is 0 Å². The molecule has 0 bridgehead atoms. The standard InChI is InChI=1S/C14H11Cl2N3O2S/c1-8-2-4-10(7-13(8)19(20)21)17-14(22)18-12-5-3-9(15)6-11(12)16/h2-7H,1H3,(H2,17,18,22). The van der Waals surface area contributed by atoms with Crippen molar-refractivity contribution in [2.75, 3.05) is 10.6 Å². The Hall–Kier alpha value is -1.89. The van der Waals surface area contributed by atoms with Crippen LogP contribution < -0.4 is 10.6 Å². The Bertz CT molecular complexity index is 753. The molecule has 0 aliphatic heterocycles. The van der Waals surface area contributed by atoms with Gasteiger partial charge in [0.15, 0.2) is 5.11 Å². The summed E-state index contributed by atoms with van der Waals surface area (Å²) in [6, 6.07) is 9.74. The molecule has 0 atom stereocenters. The molecule has 0 radical (unpaired) electrons. The van der Waals surface area contributed by atoms with Crippen LogP contribution in [0.2, 0.25) is 10.0 Å². The molecule has 0 saturated heterocycles. The second kappa shape index (κ2) is 6.91.